The highest BCUT2D eigenvalue weighted by Gasteiger charge is 2.60. The fourth-order valence-corrected chi connectivity index (χ4v) is 3.83. The molecule has 2 N–H and O–H groups in total. The molecule has 0 bridgehead atoms. The summed E-state index contributed by atoms with van der Waals surface area (Å²) in [5, 5.41) is 0. The minimum Gasteiger partial charge on any atom is -0.404 e. The van der Waals surface area contributed by atoms with Crippen molar-refractivity contribution in [1.82, 2.24) is 0 Å². The van der Waals surface area contributed by atoms with Gasteiger partial charge in [-0.2, -0.15) is 0 Å². The van der Waals surface area contributed by atoms with E-state index in [9.17, 15) is 0 Å². The van der Waals surface area contributed by atoms with Crippen molar-refractivity contribution in [3.8, 4) is 0 Å². The van der Waals surface area contributed by atoms with Gasteiger partial charge in [-0.25, -0.2) is 0 Å². The molecule has 1 aliphatic carbocycles. The Kier molecular flexibility index (Phi) is 4.38. The Hall–Kier alpha value is -0.315. The van der Waals surface area contributed by atoms with Gasteiger partial charge in [0.05, 0.1) is 17.6 Å². The zero-order valence-corrected chi connectivity index (χ0v) is 14.8. The summed E-state index contributed by atoms with van der Waals surface area (Å²) in [6, 6.07) is 0. The van der Waals surface area contributed by atoms with Gasteiger partial charge in [0.2, 0.25) is 0 Å². The molecule has 0 spiro atoms. The highest BCUT2D eigenvalue weighted by Crippen LogP contribution is 2.54. The number of nitrogens with two attached hydrogens (primary N) is 1. The molecule has 2 fully saturated rings. The lowest BCUT2D eigenvalue weighted by atomic mass is 9.57. The molecule has 2 aliphatic rings. The van der Waals surface area contributed by atoms with Gasteiger partial charge in [0.25, 0.3) is 0 Å². The first-order chi connectivity index (χ1) is 9.51. The van der Waals surface area contributed by atoms with E-state index in [1.165, 1.54) is 0 Å². The van der Waals surface area contributed by atoms with E-state index in [0.29, 0.717) is 17.8 Å². The number of fused-ring (bicyclic) bond motifs is 1. The van der Waals surface area contributed by atoms with Crippen LogP contribution in [-0.2, 0) is 9.31 Å². The number of hydrogen-bond donors (Lipinski definition) is 1. The highest BCUT2D eigenvalue weighted by atomic mass is 16.7. The van der Waals surface area contributed by atoms with Crippen LogP contribution in [-0.4, -0.2) is 24.8 Å². The minimum absolute atomic E-state index is 0.131. The Morgan fingerprint density at radius 3 is 2.38 bits per heavy atom. The van der Waals surface area contributed by atoms with Gasteiger partial charge in [-0.3, -0.25) is 0 Å². The Balaban J connectivity index is 2.21. The second-order valence-electron chi connectivity index (χ2n) is 8.23. The van der Waals surface area contributed by atoms with Gasteiger partial charge < -0.3 is 15.0 Å². The van der Waals surface area contributed by atoms with Crippen LogP contribution in [0.3, 0.4) is 0 Å². The molecule has 4 heteroatoms. The monoisotopic (exact) mass is 293 g/mol. The van der Waals surface area contributed by atoms with Gasteiger partial charge in [0, 0.05) is 0 Å². The van der Waals surface area contributed by atoms with E-state index >= 15 is 0 Å². The maximum Gasteiger partial charge on any atom is 0.480 e. The molecule has 21 heavy (non-hydrogen) atoms. The predicted octanol–water partition coefficient (Wildman–Crippen LogP) is 3.43. The standard InChI is InChI=1S/C17H32BNO2/c1-10(2)12(4)15(19)18-20-14-9-11(3)16(6,7)13(5)17(14,8)21-18/h10-11,13-15H,4,9,19H2,1-3,5-8H3/t11-,13-,14+,15-,17-/m0/s1. The van der Waals surface area contributed by atoms with E-state index < -0.39 is 0 Å². The lowest BCUT2D eigenvalue weighted by molar-refractivity contribution is -0.110. The largest absolute Gasteiger partial charge is 0.480 e. The minimum atomic E-state index is -0.363. The SMILES string of the molecule is C=C(C(C)C)[C@H](N)B1O[C@@H]2C[C@H](C)C(C)(C)[C@H](C)[C@]2(C)O1. The van der Waals surface area contributed by atoms with E-state index in [4.69, 9.17) is 15.0 Å². The third-order valence-electron chi connectivity index (χ3n) is 6.58. The van der Waals surface area contributed by atoms with E-state index in [1.807, 2.05) is 0 Å². The van der Waals surface area contributed by atoms with Gasteiger partial charge in [-0.15, -0.1) is 0 Å². The summed E-state index contributed by atoms with van der Waals surface area (Å²) in [5.41, 5.74) is 7.32. The molecule has 3 nitrogen and oxygen atoms in total. The molecule has 1 heterocycles. The average Bonchev–Trinajstić information content (AvgIpc) is 2.73. The summed E-state index contributed by atoms with van der Waals surface area (Å²) in [6.45, 7) is 19.8. The van der Waals surface area contributed by atoms with E-state index in [0.717, 1.165) is 12.0 Å². The third kappa shape index (κ3) is 2.60. The molecule has 0 aromatic carbocycles. The Bertz CT molecular complexity index is 423. The van der Waals surface area contributed by atoms with Crippen LogP contribution < -0.4 is 5.73 Å². The molecule has 0 unspecified atom stereocenters. The fourth-order valence-electron chi connectivity index (χ4n) is 3.83. The maximum atomic E-state index is 6.37. The summed E-state index contributed by atoms with van der Waals surface area (Å²) < 4.78 is 12.6. The van der Waals surface area contributed by atoms with Crippen molar-refractivity contribution in [3.63, 3.8) is 0 Å². The molecule has 1 saturated carbocycles. The van der Waals surface area contributed by atoms with Gasteiger partial charge >= 0.3 is 7.12 Å². The molecule has 1 aliphatic heterocycles. The molecular formula is C17H32BNO2. The van der Waals surface area contributed by atoms with E-state index in [2.05, 4.69) is 55.0 Å². The molecule has 1 saturated heterocycles. The molecular weight excluding hydrogens is 261 g/mol. The van der Waals surface area contributed by atoms with Crippen LogP contribution in [0.4, 0.5) is 0 Å². The van der Waals surface area contributed by atoms with Crippen molar-refractivity contribution in [3.05, 3.63) is 12.2 Å². The van der Waals surface area contributed by atoms with Crippen LogP contribution >= 0.6 is 0 Å². The van der Waals surface area contributed by atoms with Gasteiger partial charge in [0.1, 0.15) is 0 Å². The van der Waals surface area contributed by atoms with Crippen LogP contribution in [0.25, 0.3) is 0 Å². The Morgan fingerprint density at radius 2 is 1.86 bits per heavy atom. The summed E-state index contributed by atoms with van der Waals surface area (Å²) in [4.78, 5) is 0. The maximum absolute atomic E-state index is 6.37. The van der Waals surface area contributed by atoms with Crippen molar-refractivity contribution >= 4 is 7.12 Å². The van der Waals surface area contributed by atoms with Crippen molar-refractivity contribution in [2.75, 3.05) is 0 Å². The molecule has 0 aromatic heterocycles. The lowest BCUT2D eigenvalue weighted by Crippen LogP contribution is -2.56. The quantitative estimate of drug-likeness (QED) is 0.640. The summed E-state index contributed by atoms with van der Waals surface area (Å²) >= 11 is 0. The van der Waals surface area contributed by atoms with E-state index in [1.54, 1.807) is 0 Å². The van der Waals surface area contributed by atoms with Crippen LogP contribution in [0.15, 0.2) is 12.2 Å². The summed E-state index contributed by atoms with van der Waals surface area (Å²) in [5.74, 6) is 1.12. The normalized spacial score (nSPS) is 40.2. The smallest absolute Gasteiger partial charge is 0.404 e. The van der Waals surface area contributed by atoms with E-state index in [-0.39, 0.29) is 30.2 Å². The molecule has 0 aromatic rings. The highest BCUT2D eigenvalue weighted by molar-refractivity contribution is 6.48. The Labute approximate surface area is 130 Å². The molecule has 0 amide bonds. The number of rotatable bonds is 3. The van der Waals surface area contributed by atoms with Crippen molar-refractivity contribution in [2.45, 2.75) is 72.5 Å². The summed E-state index contributed by atoms with van der Waals surface area (Å²) in [7, 11) is -0.363. The number of hydrogen-bond acceptors (Lipinski definition) is 3. The first-order valence-electron chi connectivity index (χ1n) is 8.29. The van der Waals surface area contributed by atoms with Crippen LogP contribution in [0, 0.1) is 23.2 Å². The molecule has 2 rings (SSSR count). The second kappa shape index (κ2) is 5.40. The van der Waals surface area contributed by atoms with Gasteiger partial charge in [0.15, 0.2) is 0 Å². The first kappa shape index (κ1) is 17.0. The van der Waals surface area contributed by atoms with Crippen molar-refractivity contribution in [2.24, 2.45) is 28.9 Å². The molecule has 5 atom stereocenters. The lowest BCUT2D eigenvalue weighted by Gasteiger charge is -2.53. The van der Waals surface area contributed by atoms with Crippen LogP contribution in [0.5, 0.6) is 0 Å². The molecule has 0 radical (unpaired) electrons. The Morgan fingerprint density at radius 1 is 1.29 bits per heavy atom. The van der Waals surface area contributed by atoms with Crippen LogP contribution in [0.1, 0.15) is 54.9 Å². The zero-order valence-electron chi connectivity index (χ0n) is 14.8. The predicted molar refractivity (Wildman–Crippen MR) is 88.8 cm³/mol. The fraction of sp³-hybridized carbons (Fsp3) is 0.882. The first-order valence-corrected chi connectivity index (χ1v) is 8.29. The summed E-state index contributed by atoms with van der Waals surface area (Å²) in [6.07, 6.45) is 1.16. The topological polar surface area (TPSA) is 44.5 Å². The van der Waals surface area contributed by atoms with Gasteiger partial charge in [-0.05, 0) is 36.5 Å². The van der Waals surface area contributed by atoms with Crippen molar-refractivity contribution < 1.29 is 9.31 Å². The molecule has 120 valence electrons. The average molecular weight is 293 g/mol. The van der Waals surface area contributed by atoms with Gasteiger partial charge in [-0.1, -0.05) is 53.7 Å². The zero-order chi connectivity index (χ0) is 16.2. The third-order valence-corrected chi connectivity index (χ3v) is 6.58. The van der Waals surface area contributed by atoms with Crippen molar-refractivity contribution in [1.29, 1.82) is 0 Å². The van der Waals surface area contributed by atoms with Crippen LogP contribution in [0.2, 0.25) is 0 Å². The second-order valence-corrected chi connectivity index (χ2v) is 8.23.